The zero-order valence-electron chi connectivity index (χ0n) is 18.6. The van der Waals surface area contributed by atoms with Crippen LogP contribution in [0.4, 0.5) is 0 Å². The maximum Gasteiger partial charge on any atom is 0.196 e. The second-order valence-corrected chi connectivity index (χ2v) is 9.52. The van der Waals surface area contributed by atoms with E-state index in [-0.39, 0.29) is 0 Å². The average molecular weight is 518 g/mol. The van der Waals surface area contributed by atoms with Gasteiger partial charge in [0.25, 0.3) is 0 Å². The monoisotopic (exact) mass is 517 g/mol. The third-order valence-corrected chi connectivity index (χ3v) is 7.14. The SMILES string of the molecule is Clc1ccccc1COc1ccc(-c2nnc(SCc3ccccc3Cl)n2-c2ccccc2)cc1. The smallest absolute Gasteiger partial charge is 0.196 e. The number of aromatic nitrogens is 3. The summed E-state index contributed by atoms with van der Waals surface area (Å²) in [6.07, 6.45) is 0. The fourth-order valence-corrected chi connectivity index (χ4v) is 5.02. The Morgan fingerprint density at radius 1 is 0.686 bits per heavy atom. The Morgan fingerprint density at radius 3 is 2.00 bits per heavy atom. The lowest BCUT2D eigenvalue weighted by Crippen LogP contribution is -2.00. The molecular weight excluding hydrogens is 497 g/mol. The first-order valence-corrected chi connectivity index (χ1v) is 12.8. The molecule has 0 atom stereocenters. The van der Waals surface area contributed by atoms with Crippen molar-refractivity contribution in [1.29, 1.82) is 0 Å². The molecular formula is C28H21Cl2N3OS. The topological polar surface area (TPSA) is 39.9 Å². The predicted octanol–water partition coefficient (Wildman–Crippen LogP) is 8.11. The maximum absolute atomic E-state index is 6.36. The lowest BCUT2D eigenvalue weighted by Gasteiger charge is -2.12. The van der Waals surface area contributed by atoms with Crippen LogP contribution in [0.25, 0.3) is 17.1 Å². The fraction of sp³-hybridized carbons (Fsp3) is 0.0714. The van der Waals surface area contributed by atoms with Gasteiger partial charge >= 0.3 is 0 Å². The van der Waals surface area contributed by atoms with Crippen LogP contribution in [0, 0.1) is 0 Å². The van der Waals surface area contributed by atoms with Crippen LogP contribution in [-0.4, -0.2) is 14.8 Å². The van der Waals surface area contributed by atoms with E-state index in [9.17, 15) is 0 Å². The summed E-state index contributed by atoms with van der Waals surface area (Å²) < 4.78 is 8.01. The quantitative estimate of drug-likeness (QED) is 0.195. The Balaban J connectivity index is 1.40. The standard InChI is InChI=1S/C28H21Cl2N3OS/c29-25-12-6-4-8-21(25)18-34-24-16-14-20(15-17-24)27-31-32-28(33(27)23-10-2-1-3-11-23)35-19-22-9-5-7-13-26(22)30/h1-17H,18-19H2. The third kappa shape index (κ3) is 5.54. The van der Waals surface area contributed by atoms with Crippen LogP contribution in [0.2, 0.25) is 10.0 Å². The van der Waals surface area contributed by atoms with Crippen molar-refractivity contribution in [3.05, 3.63) is 124 Å². The second kappa shape index (κ2) is 11.0. The molecule has 0 radical (unpaired) electrons. The summed E-state index contributed by atoms with van der Waals surface area (Å²) in [5, 5.41) is 11.3. The molecule has 5 rings (SSSR count). The van der Waals surface area contributed by atoms with Gasteiger partial charge in [0, 0.05) is 32.6 Å². The number of halogens is 2. The van der Waals surface area contributed by atoms with Gasteiger partial charge in [0.2, 0.25) is 0 Å². The van der Waals surface area contributed by atoms with E-state index in [2.05, 4.69) is 14.8 Å². The summed E-state index contributed by atoms with van der Waals surface area (Å²) in [4.78, 5) is 0. The van der Waals surface area contributed by atoms with Crippen LogP contribution < -0.4 is 4.74 Å². The summed E-state index contributed by atoms with van der Waals surface area (Å²) in [6.45, 7) is 0.405. The molecule has 0 fully saturated rings. The van der Waals surface area contributed by atoms with Crippen molar-refractivity contribution < 1.29 is 4.74 Å². The zero-order valence-corrected chi connectivity index (χ0v) is 21.0. The number of hydrogen-bond donors (Lipinski definition) is 0. The van der Waals surface area contributed by atoms with Crippen molar-refractivity contribution in [2.24, 2.45) is 0 Å². The molecule has 1 heterocycles. The molecule has 0 aliphatic heterocycles. The summed E-state index contributed by atoms with van der Waals surface area (Å²) in [7, 11) is 0. The summed E-state index contributed by atoms with van der Waals surface area (Å²) >= 11 is 14.2. The van der Waals surface area contributed by atoms with Gasteiger partial charge in [-0.1, -0.05) is 89.6 Å². The van der Waals surface area contributed by atoms with E-state index in [0.29, 0.717) is 17.4 Å². The molecule has 0 bridgehead atoms. The van der Waals surface area contributed by atoms with Gasteiger partial charge in [-0.25, -0.2) is 0 Å². The lowest BCUT2D eigenvalue weighted by atomic mass is 10.2. The first-order chi connectivity index (χ1) is 17.2. The van der Waals surface area contributed by atoms with Gasteiger partial charge in [0.05, 0.1) is 0 Å². The first-order valence-electron chi connectivity index (χ1n) is 11.0. The van der Waals surface area contributed by atoms with Crippen LogP contribution in [0.3, 0.4) is 0 Å². The highest BCUT2D eigenvalue weighted by Gasteiger charge is 2.17. The van der Waals surface area contributed by atoms with Crippen molar-refractivity contribution in [3.8, 4) is 22.8 Å². The average Bonchev–Trinajstić information content (AvgIpc) is 3.32. The van der Waals surface area contributed by atoms with E-state index in [1.165, 1.54) is 0 Å². The van der Waals surface area contributed by atoms with Gasteiger partial charge in [0.15, 0.2) is 11.0 Å². The Hall–Kier alpha value is -3.25. The number of benzene rings is 4. The van der Waals surface area contributed by atoms with Crippen molar-refractivity contribution in [2.75, 3.05) is 0 Å². The normalized spacial score (nSPS) is 10.9. The number of ether oxygens (including phenoxy) is 1. The Labute approximate surface area is 218 Å². The van der Waals surface area contributed by atoms with Crippen molar-refractivity contribution in [2.45, 2.75) is 17.5 Å². The van der Waals surface area contributed by atoms with E-state index in [0.717, 1.165) is 44.1 Å². The van der Waals surface area contributed by atoms with Crippen LogP contribution in [0.1, 0.15) is 11.1 Å². The largest absolute Gasteiger partial charge is 0.489 e. The molecule has 5 aromatic rings. The van der Waals surface area contributed by atoms with Crippen LogP contribution in [-0.2, 0) is 12.4 Å². The molecule has 4 nitrogen and oxygen atoms in total. The van der Waals surface area contributed by atoms with Crippen LogP contribution in [0.15, 0.2) is 108 Å². The minimum absolute atomic E-state index is 0.405. The van der Waals surface area contributed by atoms with Crippen molar-refractivity contribution in [1.82, 2.24) is 14.8 Å². The Morgan fingerprint density at radius 2 is 1.31 bits per heavy atom. The molecule has 1 aromatic heterocycles. The molecule has 35 heavy (non-hydrogen) atoms. The molecule has 0 saturated heterocycles. The number of nitrogens with zero attached hydrogens (tertiary/aromatic N) is 3. The molecule has 0 N–H and O–H groups in total. The highest BCUT2D eigenvalue weighted by atomic mass is 35.5. The van der Waals surface area contributed by atoms with Gasteiger partial charge < -0.3 is 4.74 Å². The number of hydrogen-bond acceptors (Lipinski definition) is 4. The molecule has 7 heteroatoms. The number of para-hydroxylation sites is 1. The molecule has 0 aliphatic rings. The van der Waals surface area contributed by atoms with Crippen LogP contribution in [0.5, 0.6) is 5.75 Å². The summed E-state index contributed by atoms with van der Waals surface area (Å²) in [5.74, 6) is 2.21. The number of thioether (sulfide) groups is 1. The van der Waals surface area contributed by atoms with E-state index >= 15 is 0 Å². The third-order valence-electron chi connectivity index (χ3n) is 5.43. The predicted molar refractivity (Wildman–Crippen MR) is 144 cm³/mol. The Kier molecular flexibility index (Phi) is 7.38. The van der Waals surface area contributed by atoms with E-state index < -0.39 is 0 Å². The number of rotatable bonds is 8. The molecule has 174 valence electrons. The lowest BCUT2D eigenvalue weighted by molar-refractivity contribution is 0.306. The van der Waals surface area contributed by atoms with Crippen molar-refractivity contribution in [3.63, 3.8) is 0 Å². The van der Waals surface area contributed by atoms with Gasteiger partial charge in [-0.05, 0) is 54.1 Å². The molecule has 0 saturated carbocycles. The second-order valence-electron chi connectivity index (χ2n) is 7.76. The minimum atomic E-state index is 0.405. The van der Waals surface area contributed by atoms with E-state index in [4.69, 9.17) is 27.9 Å². The Bertz CT molecular complexity index is 1420. The highest BCUT2D eigenvalue weighted by Crippen LogP contribution is 2.32. The zero-order chi connectivity index (χ0) is 24.0. The van der Waals surface area contributed by atoms with Gasteiger partial charge in [-0.3, -0.25) is 4.57 Å². The molecule has 0 unspecified atom stereocenters. The van der Waals surface area contributed by atoms with Gasteiger partial charge in [0.1, 0.15) is 12.4 Å². The first kappa shape index (κ1) is 23.5. The van der Waals surface area contributed by atoms with Crippen LogP contribution >= 0.6 is 35.0 Å². The van der Waals surface area contributed by atoms with Gasteiger partial charge in [-0.2, -0.15) is 0 Å². The molecule has 0 aliphatic carbocycles. The van der Waals surface area contributed by atoms with Crippen molar-refractivity contribution >= 4 is 35.0 Å². The fourth-order valence-electron chi connectivity index (χ4n) is 3.59. The van der Waals surface area contributed by atoms with Gasteiger partial charge in [-0.15, -0.1) is 10.2 Å². The van der Waals surface area contributed by atoms with E-state index in [1.54, 1.807) is 11.8 Å². The summed E-state index contributed by atoms with van der Waals surface area (Å²) in [5.41, 5.74) is 3.94. The molecule has 4 aromatic carbocycles. The van der Waals surface area contributed by atoms with E-state index in [1.807, 2.05) is 103 Å². The minimum Gasteiger partial charge on any atom is -0.489 e. The molecule has 0 amide bonds. The maximum atomic E-state index is 6.36. The molecule has 0 spiro atoms. The summed E-state index contributed by atoms with van der Waals surface area (Å²) in [6, 6.07) is 33.5. The highest BCUT2D eigenvalue weighted by molar-refractivity contribution is 7.98.